The molecule has 0 aliphatic carbocycles. The molecule has 2 heterocycles. The van der Waals surface area contributed by atoms with Gasteiger partial charge >= 0.3 is 0 Å². The Morgan fingerprint density at radius 2 is 1.83 bits per heavy atom. The lowest BCUT2D eigenvalue weighted by molar-refractivity contribution is 0.637. The van der Waals surface area contributed by atoms with E-state index >= 15 is 4.39 Å². The van der Waals surface area contributed by atoms with Crippen LogP contribution in [0.1, 0.15) is 43.7 Å². The third-order valence-electron chi connectivity index (χ3n) is 5.44. The predicted molar refractivity (Wildman–Crippen MR) is 129 cm³/mol. The van der Waals surface area contributed by atoms with Crippen LogP contribution in [0.3, 0.4) is 0 Å². The Morgan fingerprint density at radius 1 is 1.03 bits per heavy atom. The van der Waals surface area contributed by atoms with E-state index in [0.717, 1.165) is 28.4 Å². The van der Waals surface area contributed by atoms with Crippen LogP contribution in [0.4, 0.5) is 4.39 Å². The Morgan fingerprint density at radius 3 is 2.55 bits per heavy atom. The first-order valence-electron chi connectivity index (χ1n) is 10.7. The van der Waals surface area contributed by atoms with Crippen LogP contribution in [0, 0.1) is 12.7 Å². The minimum absolute atomic E-state index is 0.0835. The van der Waals surface area contributed by atoms with Crippen molar-refractivity contribution in [3.63, 3.8) is 0 Å². The third kappa shape index (κ3) is 5.04. The zero-order valence-electron chi connectivity index (χ0n) is 18.3. The molecule has 4 heteroatoms. The summed E-state index contributed by atoms with van der Waals surface area (Å²) in [5.41, 5.74) is 4.94. The summed E-state index contributed by atoms with van der Waals surface area (Å²) in [5.74, 6) is -0.0835. The standard InChI is InChI=1S/C25H32FNSSi/c1-6-7-8-9-10-19-14-16-28-24(19)20-13-15-27-22(17-20)21-12-11-18(2)25(23(21)26)29(3,4)5/h11-17H,6-10H2,1-5H3. The normalized spacial score (nSPS) is 11.8. The van der Waals surface area contributed by atoms with Gasteiger partial charge in [-0.15, -0.1) is 11.3 Å². The zero-order chi connectivity index (χ0) is 21.0. The van der Waals surface area contributed by atoms with Gasteiger partial charge in [-0.3, -0.25) is 4.98 Å². The number of thiophene rings is 1. The molecule has 0 spiro atoms. The quantitative estimate of drug-likeness (QED) is 0.267. The molecule has 0 saturated heterocycles. The van der Waals surface area contributed by atoms with Gasteiger partial charge in [-0.2, -0.15) is 0 Å². The van der Waals surface area contributed by atoms with Crippen molar-refractivity contribution in [2.45, 2.75) is 65.6 Å². The Hall–Kier alpha value is -1.78. The number of rotatable bonds is 8. The van der Waals surface area contributed by atoms with Crippen molar-refractivity contribution in [1.29, 1.82) is 0 Å². The average molecular weight is 426 g/mol. The fraction of sp³-hybridized carbons (Fsp3) is 0.400. The van der Waals surface area contributed by atoms with Crippen LogP contribution in [-0.2, 0) is 6.42 Å². The van der Waals surface area contributed by atoms with E-state index in [1.165, 1.54) is 36.1 Å². The molecule has 1 nitrogen and oxygen atoms in total. The smallest absolute Gasteiger partial charge is 0.132 e. The molecule has 0 aliphatic heterocycles. The van der Waals surface area contributed by atoms with E-state index in [1.807, 2.05) is 25.3 Å². The van der Waals surface area contributed by atoms with Gasteiger partial charge in [-0.05, 0) is 71.3 Å². The Labute approximate surface area is 180 Å². The van der Waals surface area contributed by atoms with Crippen LogP contribution in [0.25, 0.3) is 21.7 Å². The van der Waals surface area contributed by atoms with Gasteiger partial charge in [-0.25, -0.2) is 4.39 Å². The van der Waals surface area contributed by atoms with Crippen molar-refractivity contribution < 1.29 is 4.39 Å². The van der Waals surface area contributed by atoms with Crippen molar-refractivity contribution in [2.75, 3.05) is 0 Å². The first-order chi connectivity index (χ1) is 13.8. The second-order valence-corrected chi connectivity index (χ2v) is 14.8. The monoisotopic (exact) mass is 425 g/mol. The molecule has 0 aliphatic rings. The zero-order valence-corrected chi connectivity index (χ0v) is 20.1. The summed E-state index contributed by atoms with van der Waals surface area (Å²) in [6.07, 6.45) is 7.98. The van der Waals surface area contributed by atoms with Gasteiger partial charge in [0.25, 0.3) is 0 Å². The van der Waals surface area contributed by atoms with Gasteiger partial charge < -0.3 is 0 Å². The summed E-state index contributed by atoms with van der Waals surface area (Å²) in [7, 11) is -1.79. The van der Waals surface area contributed by atoms with E-state index in [4.69, 9.17) is 0 Å². The highest BCUT2D eigenvalue weighted by atomic mass is 32.1. The summed E-state index contributed by atoms with van der Waals surface area (Å²) < 4.78 is 15.5. The summed E-state index contributed by atoms with van der Waals surface area (Å²) >= 11 is 1.77. The molecule has 0 amide bonds. The van der Waals surface area contributed by atoms with Crippen LogP contribution >= 0.6 is 11.3 Å². The Kier molecular flexibility index (Phi) is 7.07. The van der Waals surface area contributed by atoms with Gasteiger partial charge in [0.2, 0.25) is 0 Å². The van der Waals surface area contributed by atoms with E-state index in [2.05, 4.69) is 55.1 Å². The topological polar surface area (TPSA) is 12.9 Å². The summed E-state index contributed by atoms with van der Waals surface area (Å²) in [4.78, 5) is 5.82. The second kappa shape index (κ2) is 9.35. The number of aryl methyl sites for hydroxylation is 2. The third-order valence-corrected chi connectivity index (χ3v) is 8.56. The first-order valence-corrected chi connectivity index (χ1v) is 15.0. The molecule has 0 radical (unpaired) electrons. The highest BCUT2D eigenvalue weighted by Crippen LogP contribution is 2.33. The molecule has 0 N–H and O–H groups in total. The highest BCUT2D eigenvalue weighted by Gasteiger charge is 2.25. The molecule has 0 atom stereocenters. The van der Waals surface area contributed by atoms with Gasteiger partial charge in [0.1, 0.15) is 5.82 Å². The van der Waals surface area contributed by atoms with Crippen molar-refractivity contribution >= 4 is 24.6 Å². The van der Waals surface area contributed by atoms with Gasteiger partial charge in [-0.1, -0.05) is 51.9 Å². The van der Waals surface area contributed by atoms with E-state index in [1.54, 1.807) is 11.3 Å². The number of nitrogens with zero attached hydrogens (tertiary/aromatic N) is 1. The SMILES string of the molecule is CCCCCCc1ccsc1-c1ccnc(-c2ccc(C)c([Si](C)(C)C)c2F)c1. The molecule has 0 bridgehead atoms. The maximum atomic E-state index is 15.5. The molecule has 0 fully saturated rings. The molecule has 29 heavy (non-hydrogen) atoms. The molecule has 1 aromatic carbocycles. The largest absolute Gasteiger partial charge is 0.256 e. The number of benzene rings is 1. The van der Waals surface area contributed by atoms with Gasteiger partial charge in [0, 0.05) is 16.6 Å². The summed E-state index contributed by atoms with van der Waals surface area (Å²) in [6, 6.07) is 10.3. The number of halogens is 1. The number of hydrogen-bond donors (Lipinski definition) is 0. The van der Waals surface area contributed by atoms with Crippen LogP contribution in [0.15, 0.2) is 41.9 Å². The van der Waals surface area contributed by atoms with Gasteiger partial charge in [0.05, 0.1) is 13.8 Å². The molecule has 0 unspecified atom stereocenters. The molecule has 3 aromatic rings. The first kappa shape index (κ1) is 21.9. The fourth-order valence-corrected chi connectivity index (χ4v) is 7.05. The van der Waals surface area contributed by atoms with Crippen molar-refractivity contribution in [1.82, 2.24) is 4.98 Å². The maximum absolute atomic E-state index is 15.5. The molecule has 3 rings (SSSR count). The molecule has 2 aromatic heterocycles. The lowest BCUT2D eigenvalue weighted by Gasteiger charge is -2.22. The second-order valence-electron chi connectivity index (χ2n) is 8.88. The van der Waals surface area contributed by atoms with E-state index in [9.17, 15) is 0 Å². The summed E-state index contributed by atoms with van der Waals surface area (Å²) in [6.45, 7) is 10.8. The molecule has 154 valence electrons. The Bertz CT molecular complexity index is 971. The maximum Gasteiger partial charge on any atom is 0.132 e. The lowest BCUT2D eigenvalue weighted by atomic mass is 10.0. The average Bonchev–Trinajstić information content (AvgIpc) is 3.13. The number of unbranched alkanes of at least 4 members (excludes halogenated alkanes) is 3. The van der Waals surface area contributed by atoms with Crippen LogP contribution < -0.4 is 5.19 Å². The number of aromatic nitrogens is 1. The van der Waals surface area contributed by atoms with Crippen LogP contribution in [0.2, 0.25) is 19.6 Å². The Balaban J connectivity index is 1.95. The van der Waals surface area contributed by atoms with Crippen LogP contribution in [0.5, 0.6) is 0 Å². The molecular formula is C25H32FNSSi. The molecule has 0 saturated carbocycles. The van der Waals surface area contributed by atoms with E-state index < -0.39 is 8.07 Å². The lowest BCUT2D eigenvalue weighted by Crippen LogP contribution is -2.42. The fourth-order valence-electron chi connectivity index (χ4n) is 4.04. The summed E-state index contributed by atoms with van der Waals surface area (Å²) in [5, 5.41) is 3.08. The van der Waals surface area contributed by atoms with Crippen molar-refractivity contribution in [3.05, 3.63) is 58.9 Å². The van der Waals surface area contributed by atoms with Crippen LogP contribution in [-0.4, -0.2) is 13.1 Å². The minimum atomic E-state index is -1.79. The van der Waals surface area contributed by atoms with Crippen molar-refractivity contribution in [2.24, 2.45) is 0 Å². The minimum Gasteiger partial charge on any atom is -0.256 e. The number of hydrogen-bond acceptors (Lipinski definition) is 2. The van der Waals surface area contributed by atoms with Crippen molar-refractivity contribution in [3.8, 4) is 21.7 Å². The predicted octanol–water partition coefficient (Wildman–Crippen LogP) is 7.59. The van der Waals surface area contributed by atoms with E-state index in [0.29, 0.717) is 5.56 Å². The number of pyridine rings is 1. The van der Waals surface area contributed by atoms with Gasteiger partial charge in [0.15, 0.2) is 0 Å². The highest BCUT2D eigenvalue weighted by molar-refractivity contribution is 7.13. The molecular weight excluding hydrogens is 393 g/mol. The van der Waals surface area contributed by atoms with E-state index in [-0.39, 0.29) is 5.82 Å².